The van der Waals surface area contributed by atoms with Crippen LogP contribution >= 0.6 is 15.9 Å². The number of rotatable bonds is 5. The summed E-state index contributed by atoms with van der Waals surface area (Å²) >= 11 is 3.22. The third-order valence-corrected chi connectivity index (χ3v) is 1.43. The van der Waals surface area contributed by atoms with Crippen LogP contribution in [0.15, 0.2) is 28.3 Å². The molecule has 0 aromatic heterocycles. The lowest BCUT2D eigenvalue weighted by molar-refractivity contribution is 0.291. The molecule has 0 fully saturated rings. The van der Waals surface area contributed by atoms with Gasteiger partial charge in [-0.3, -0.25) is 4.99 Å². The second kappa shape index (κ2) is 7.69. The van der Waals surface area contributed by atoms with Crippen LogP contribution in [0.1, 0.15) is 12.8 Å². The molecule has 0 unspecified atom stereocenters. The number of nitrogens with zero attached hydrogens (tertiary/aromatic N) is 1. The molecule has 0 aliphatic rings. The average Bonchev–Trinajstić information content (AvgIpc) is 1.99. The topological polar surface area (TPSA) is 32.6 Å². The number of aliphatic hydroxyl groups excluding tert-OH is 1. The number of aliphatic hydroxyl groups is 1. The fraction of sp³-hybridized carbons (Fsp3) is 0.375. The van der Waals surface area contributed by atoms with Crippen LogP contribution in [-0.4, -0.2) is 17.9 Å². The zero-order valence-corrected chi connectivity index (χ0v) is 7.92. The summed E-state index contributed by atoms with van der Waals surface area (Å²) < 4.78 is 0.755. The van der Waals surface area contributed by atoms with E-state index in [4.69, 9.17) is 5.11 Å². The maximum atomic E-state index is 8.43. The summed E-state index contributed by atoms with van der Waals surface area (Å²) in [5.74, 6) is 0. The number of halogens is 1. The molecule has 0 aromatic carbocycles. The first-order valence-electron chi connectivity index (χ1n) is 3.43. The zero-order chi connectivity index (χ0) is 8.53. The van der Waals surface area contributed by atoms with E-state index in [1.807, 2.05) is 0 Å². The van der Waals surface area contributed by atoms with E-state index in [-0.39, 0.29) is 6.61 Å². The summed E-state index contributed by atoms with van der Waals surface area (Å²) in [6.07, 6.45) is 6.75. The van der Waals surface area contributed by atoms with Gasteiger partial charge in [-0.25, -0.2) is 0 Å². The van der Waals surface area contributed by atoms with Gasteiger partial charge in [0.1, 0.15) is 4.61 Å². The monoisotopic (exact) mass is 217 g/mol. The number of unbranched alkanes of at least 4 members (excludes halogenated alkanes) is 1. The highest BCUT2D eigenvalue weighted by Gasteiger charge is 1.82. The molecule has 0 rings (SSSR count). The van der Waals surface area contributed by atoms with Crippen LogP contribution < -0.4 is 0 Å². The van der Waals surface area contributed by atoms with Crippen molar-refractivity contribution in [3.63, 3.8) is 0 Å². The molecule has 0 aliphatic carbocycles. The Morgan fingerprint density at radius 1 is 1.64 bits per heavy atom. The van der Waals surface area contributed by atoms with E-state index in [1.54, 1.807) is 18.4 Å². The van der Waals surface area contributed by atoms with E-state index in [1.165, 1.54) is 0 Å². The highest BCUT2D eigenvalue weighted by atomic mass is 79.9. The summed E-state index contributed by atoms with van der Waals surface area (Å²) in [5.41, 5.74) is 0. The highest BCUT2D eigenvalue weighted by Crippen LogP contribution is 2.05. The molecule has 2 nitrogen and oxygen atoms in total. The van der Waals surface area contributed by atoms with Crippen LogP contribution in [0, 0.1) is 0 Å². The van der Waals surface area contributed by atoms with E-state index in [0.29, 0.717) is 0 Å². The lowest BCUT2D eigenvalue weighted by Gasteiger charge is -1.88. The SMILES string of the molecule is C=C/C=C(/Br)N=CCCCO. The first-order chi connectivity index (χ1) is 5.31. The van der Waals surface area contributed by atoms with Gasteiger partial charge in [-0.1, -0.05) is 12.7 Å². The Kier molecular flexibility index (Phi) is 7.41. The largest absolute Gasteiger partial charge is 0.396 e. The quantitative estimate of drug-likeness (QED) is 0.326. The summed E-state index contributed by atoms with van der Waals surface area (Å²) in [6, 6.07) is 0. The lowest BCUT2D eigenvalue weighted by atomic mass is 10.3. The van der Waals surface area contributed by atoms with Crippen molar-refractivity contribution < 1.29 is 5.11 Å². The predicted molar refractivity (Wildman–Crippen MR) is 52.0 cm³/mol. The maximum Gasteiger partial charge on any atom is 0.105 e. The molecular weight excluding hydrogens is 206 g/mol. The minimum Gasteiger partial charge on any atom is -0.396 e. The second-order valence-corrected chi connectivity index (χ2v) is 2.72. The van der Waals surface area contributed by atoms with Gasteiger partial charge in [0.2, 0.25) is 0 Å². The van der Waals surface area contributed by atoms with E-state index >= 15 is 0 Å². The molecule has 0 aromatic rings. The van der Waals surface area contributed by atoms with Crippen molar-refractivity contribution >= 4 is 22.1 Å². The molecule has 0 aliphatic heterocycles. The molecule has 0 heterocycles. The third-order valence-electron chi connectivity index (χ3n) is 0.961. The van der Waals surface area contributed by atoms with Crippen LogP contribution in [0.25, 0.3) is 0 Å². The Morgan fingerprint density at radius 3 is 2.91 bits per heavy atom. The Labute approximate surface area is 75.5 Å². The zero-order valence-electron chi connectivity index (χ0n) is 6.33. The van der Waals surface area contributed by atoms with Crippen molar-refractivity contribution in [3.05, 3.63) is 23.3 Å². The molecule has 0 amide bonds. The second-order valence-electron chi connectivity index (χ2n) is 1.90. The van der Waals surface area contributed by atoms with Crippen LogP contribution in [-0.2, 0) is 0 Å². The van der Waals surface area contributed by atoms with Crippen molar-refractivity contribution in [2.75, 3.05) is 6.61 Å². The van der Waals surface area contributed by atoms with Gasteiger partial charge in [0.15, 0.2) is 0 Å². The molecule has 11 heavy (non-hydrogen) atoms. The first kappa shape index (κ1) is 10.6. The maximum absolute atomic E-state index is 8.43. The number of aliphatic imine (C=N–C) groups is 1. The molecule has 0 saturated carbocycles. The highest BCUT2D eigenvalue weighted by molar-refractivity contribution is 9.11. The van der Waals surface area contributed by atoms with E-state index in [0.717, 1.165) is 17.4 Å². The number of hydrogen-bond donors (Lipinski definition) is 1. The molecule has 0 saturated heterocycles. The number of hydrogen-bond acceptors (Lipinski definition) is 2. The van der Waals surface area contributed by atoms with Crippen LogP contribution in [0.5, 0.6) is 0 Å². The van der Waals surface area contributed by atoms with Gasteiger partial charge >= 0.3 is 0 Å². The normalized spacial score (nSPS) is 12.4. The Hall–Kier alpha value is -0.410. The summed E-state index contributed by atoms with van der Waals surface area (Å²) in [4.78, 5) is 4.02. The minimum absolute atomic E-state index is 0.217. The van der Waals surface area contributed by atoms with Crippen molar-refractivity contribution in [2.45, 2.75) is 12.8 Å². The average molecular weight is 218 g/mol. The molecule has 0 bridgehead atoms. The Bertz CT molecular complexity index is 163. The molecule has 0 atom stereocenters. The van der Waals surface area contributed by atoms with Crippen LogP contribution in [0.2, 0.25) is 0 Å². The van der Waals surface area contributed by atoms with Crippen LogP contribution in [0.4, 0.5) is 0 Å². The fourth-order valence-electron chi connectivity index (χ4n) is 0.475. The molecule has 0 radical (unpaired) electrons. The summed E-state index contributed by atoms with van der Waals surface area (Å²) in [6.45, 7) is 3.74. The van der Waals surface area contributed by atoms with E-state index in [2.05, 4.69) is 27.5 Å². The van der Waals surface area contributed by atoms with Gasteiger partial charge < -0.3 is 5.11 Å². The van der Waals surface area contributed by atoms with Gasteiger partial charge in [-0.05, 0) is 34.8 Å². The fourth-order valence-corrected chi connectivity index (χ4v) is 0.806. The summed E-state index contributed by atoms with van der Waals surface area (Å²) in [7, 11) is 0. The predicted octanol–water partition coefficient (Wildman–Crippen LogP) is 2.25. The van der Waals surface area contributed by atoms with Gasteiger partial charge in [-0.2, -0.15) is 0 Å². The Balaban J connectivity index is 3.56. The van der Waals surface area contributed by atoms with E-state index < -0.39 is 0 Å². The van der Waals surface area contributed by atoms with Crippen molar-refractivity contribution in [1.29, 1.82) is 0 Å². The smallest absolute Gasteiger partial charge is 0.105 e. The minimum atomic E-state index is 0.217. The van der Waals surface area contributed by atoms with Gasteiger partial charge in [0, 0.05) is 12.8 Å². The van der Waals surface area contributed by atoms with Gasteiger partial charge in [0.25, 0.3) is 0 Å². The first-order valence-corrected chi connectivity index (χ1v) is 4.22. The van der Waals surface area contributed by atoms with Crippen molar-refractivity contribution in [1.82, 2.24) is 0 Å². The molecule has 1 N–H and O–H groups in total. The van der Waals surface area contributed by atoms with Crippen molar-refractivity contribution in [2.24, 2.45) is 4.99 Å². The molecule has 3 heteroatoms. The third kappa shape index (κ3) is 7.49. The molecule has 62 valence electrons. The number of allylic oxidation sites excluding steroid dienone is 2. The van der Waals surface area contributed by atoms with Crippen LogP contribution in [0.3, 0.4) is 0 Å². The molecular formula is C8H12BrNO. The Morgan fingerprint density at radius 2 is 2.36 bits per heavy atom. The van der Waals surface area contributed by atoms with Gasteiger partial charge in [0.05, 0.1) is 0 Å². The van der Waals surface area contributed by atoms with Gasteiger partial charge in [-0.15, -0.1) is 0 Å². The standard InChI is InChI=1S/C8H12BrNO/c1-2-5-8(9)10-6-3-4-7-11/h2,5-6,11H,1,3-4,7H2/b8-5-,10-6?. The molecule has 0 spiro atoms. The van der Waals surface area contributed by atoms with E-state index in [9.17, 15) is 0 Å². The lowest BCUT2D eigenvalue weighted by Crippen LogP contribution is -1.82. The summed E-state index contributed by atoms with van der Waals surface area (Å²) in [5, 5.41) is 8.43. The van der Waals surface area contributed by atoms with Crippen molar-refractivity contribution in [3.8, 4) is 0 Å².